The average molecular weight is 437 g/mol. The molecule has 0 atom stereocenters. The van der Waals surface area contributed by atoms with E-state index >= 15 is 0 Å². The van der Waals surface area contributed by atoms with Crippen molar-refractivity contribution in [3.05, 3.63) is 58.6 Å². The fraction of sp³-hybridized carbons (Fsp3) is 0.300. The number of halogens is 1. The second kappa shape index (κ2) is 8.56. The van der Waals surface area contributed by atoms with Crippen LogP contribution in [0.4, 0.5) is 4.39 Å². The van der Waals surface area contributed by atoms with E-state index in [-0.39, 0.29) is 16.3 Å². The molecule has 29 heavy (non-hydrogen) atoms. The first-order valence-electron chi connectivity index (χ1n) is 8.95. The average Bonchev–Trinajstić information content (AvgIpc) is 3.02. The van der Waals surface area contributed by atoms with E-state index in [9.17, 15) is 17.6 Å². The summed E-state index contributed by atoms with van der Waals surface area (Å²) < 4.78 is 46.0. The summed E-state index contributed by atoms with van der Waals surface area (Å²) in [6.07, 6.45) is 0. The largest absolute Gasteiger partial charge is 0.383 e. The molecule has 0 radical (unpaired) electrons. The highest BCUT2D eigenvalue weighted by Crippen LogP contribution is 2.20. The van der Waals surface area contributed by atoms with Gasteiger partial charge in [0, 0.05) is 19.2 Å². The maximum atomic E-state index is 13.6. The van der Waals surface area contributed by atoms with Gasteiger partial charge in [-0.15, -0.1) is 0 Å². The molecule has 1 aromatic heterocycles. The number of methoxy groups -OCH3 is 1. The van der Waals surface area contributed by atoms with Crippen LogP contribution in [0.25, 0.3) is 10.2 Å². The fourth-order valence-corrected chi connectivity index (χ4v) is 4.94. The standard InChI is InChI=1S/C20H21FN2O4S2/c1-13(2)29(25,26)16-6-4-5-14(11-16)19(24)22-20-23(9-10-27-3)17-8-7-15(21)12-18(17)28-20/h4-8,11-13H,9-10H2,1-3H3. The molecular formula is C20H21FN2O4S2. The number of aromatic nitrogens is 1. The predicted octanol–water partition coefficient (Wildman–Crippen LogP) is 3.41. The van der Waals surface area contributed by atoms with Gasteiger partial charge in [0.15, 0.2) is 14.6 Å². The van der Waals surface area contributed by atoms with Crippen LogP contribution in [0, 0.1) is 5.82 Å². The van der Waals surface area contributed by atoms with Gasteiger partial charge in [0.1, 0.15) is 5.82 Å². The number of ether oxygens (including phenoxy) is 1. The predicted molar refractivity (Wildman–Crippen MR) is 110 cm³/mol. The first-order valence-corrected chi connectivity index (χ1v) is 11.3. The van der Waals surface area contributed by atoms with Crippen LogP contribution in [-0.4, -0.2) is 37.9 Å². The Morgan fingerprint density at radius 1 is 1.24 bits per heavy atom. The van der Waals surface area contributed by atoms with Gasteiger partial charge in [0.2, 0.25) is 0 Å². The minimum absolute atomic E-state index is 0.0826. The van der Waals surface area contributed by atoms with Crippen LogP contribution in [0.2, 0.25) is 0 Å². The smallest absolute Gasteiger partial charge is 0.279 e. The summed E-state index contributed by atoms with van der Waals surface area (Å²) >= 11 is 1.19. The molecule has 1 heterocycles. The lowest BCUT2D eigenvalue weighted by Gasteiger charge is -2.08. The number of sulfone groups is 1. The van der Waals surface area contributed by atoms with Crippen molar-refractivity contribution in [1.29, 1.82) is 0 Å². The summed E-state index contributed by atoms with van der Waals surface area (Å²) in [6, 6.07) is 10.2. The van der Waals surface area contributed by atoms with Gasteiger partial charge in [0.05, 0.1) is 27.0 Å². The highest BCUT2D eigenvalue weighted by Gasteiger charge is 2.20. The van der Waals surface area contributed by atoms with Crippen molar-refractivity contribution in [1.82, 2.24) is 4.57 Å². The van der Waals surface area contributed by atoms with Gasteiger partial charge in [-0.05, 0) is 50.2 Å². The third kappa shape index (κ3) is 4.47. The van der Waals surface area contributed by atoms with E-state index < -0.39 is 21.0 Å². The first-order chi connectivity index (χ1) is 13.7. The molecule has 0 unspecified atom stereocenters. The molecule has 3 aromatic rings. The monoisotopic (exact) mass is 436 g/mol. The summed E-state index contributed by atoms with van der Waals surface area (Å²) in [5.74, 6) is -0.939. The van der Waals surface area contributed by atoms with Crippen LogP contribution in [0.3, 0.4) is 0 Å². The Labute approximate surface area is 172 Å². The summed E-state index contributed by atoms with van der Waals surface area (Å²) in [5, 5.41) is -0.599. The van der Waals surface area contributed by atoms with Crippen molar-refractivity contribution in [3.63, 3.8) is 0 Å². The SMILES string of the molecule is COCCn1c(=NC(=O)c2cccc(S(=O)(=O)C(C)C)c2)sc2cc(F)ccc21. The number of benzene rings is 2. The minimum Gasteiger partial charge on any atom is -0.383 e. The van der Waals surface area contributed by atoms with E-state index in [2.05, 4.69) is 4.99 Å². The van der Waals surface area contributed by atoms with Crippen LogP contribution in [0.1, 0.15) is 24.2 Å². The third-order valence-corrected chi connectivity index (χ3v) is 7.58. The van der Waals surface area contributed by atoms with E-state index in [0.29, 0.717) is 22.7 Å². The lowest BCUT2D eigenvalue weighted by atomic mass is 10.2. The quantitative estimate of drug-likeness (QED) is 0.593. The number of hydrogen-bond acceptors (Lipinski definition) is 5. The van der Waals surface area contributed by atoms with Gasteiger partial charge in [0.25, 0.3) is 5.91 Å². The van der Waals surface area contributed by atoms with Gasteiger partial charge >= 0.3 is 0 Å². The Balaban J connectivity index is 2.08. The van der Waals surface area contributed by atoms with Crippen molar-refractivity contribution in [3.8, 4) is 0 Å². The number of carbonyl (C=O) groups excluding carboxylic acids is 1. The molecule has 0 aliphatic carbocycles. The number of amides is 1. The van der Waals surface area contributed by atoms with Crippen LogP contribution in [-0.2, 0) is 21.1 Å². The molecule has 1 amide bonds. The maximum Gasteiger partial charge on any atom is 0.279 e. The molecule has 9 heteroatoms. The van der Waals surface area contributed by atoms with Crippen molar-refractivity contribution in [2.24, 2.45) is 4.99 Å². The highest BCUT2D eigenvalue weighted by molar-refractivity contribution is 7.92. The van der Waals surface area contributed by atoms with Gasteiger partial charge < -0.3 is 9.30 Å². The van der Waals surface area contributed by atoms with Crippen molar-refractivity contribution in [2.45, 2.75) is 30.5 Å². The molecule has 2 aromatic carbocycles. The molecule has 154 valence electrons. The van der Waals surface area contributed by atoms with Crippen molar-refractivity contribution in [2.75, 3.05) is 13.7 Å². The van der Waals surface area contributed by atoms with Crippen LogP contribution < -0.4 is 4.80 Å². The third-order valence-electron chi connectivity index (χ3n) is 4.39. The minimum atomic E-state index is -3.51. The van der Waals surface area contributed by atoms with Crippen LogP contribution in [0.5, 0.6) is 0 Å². The van der Waals surface area contributed by atoms with Gasteiger partial charge in [-0.25, -0.2) is 12.8 Å². The molecule has 0 N–H and O–H groups in total. The fourth-order valence-electron chi connectivity index (χ4n) is 2.76. The molecule has 0 saturated carbocycles. The maximum absolute atomic E-state index is 13.6. The molecule has 0 saturated heterocycles. The molecular weight excluding hydrogens is 415 g/mol. The second-order valence-electron chi connectivity index (χ2n) is 6.68. The van der Waals surface area contributed by atoms with Crippen molar-refractivity contribution < 1.29 is 22.3 Å². The number of carbonyl (C=O) groups is 1. The Hall–Kier alpha value is -2.36. The van der Waals surface area contributed by atoms with Crippen molar-refractivity contribution >= 4 is 37.3 Å². The Morgan fingerprint density at radius 2 is 2.00 bits per heavy atom. The van der Waals surface area contributed by atoms with E-state index in [4.69, 9.17) is 4.74 Å². The lowest BCUT2D eigenvalue weighted by molar-refractivity contribution is 0.0997. The summed E-state index contributed by atoms with van der Waals surface area (Å²) in [5.41, 5.74) is 0.921. The number of rotatable bonds is 6. The highest BCUT2D eigenvalue weighted by atomic mass is 32.2. The van der Waals surface area contributed by atoms with E-state index in [0.717, 1.165) is 5.52 Å². The number of thiazole rings is 1. The molecule has 0 aliphatic rings. The first kappa shape index (κ1) is 21.4. The zero-order valence-corrected chi connectivity index (χ0v) is 17.9. The summed E-state index contributed by atoms with van der Waals surface area (Å²) in [4.78, 5) is 17.4. The van der Waals surface area contributed by atoms with E-state index in [1.54, 1.807) is 31.6 Å². The molecule has 0 bridgehead atoms. The van der Waals surface area contributed by atoms with E-state index in [1.807, 2.05) is 0 Å². The number of fused-ring (bicyclic) bond motifs is 1. The summed E-state index contributed by atoms with van der Waals surface area (Å²) in [7, 11) is -1.94. The zero-order valence-electron chi connectivity index (χ0n) is 16.3. The zero-order chi connectivity index (χ0) is 21.2. The molecule has 0 spiro atoms. The Kier molecular flexibility index (Phi) is 6.30. The molecule has 3 rings (SSSR count). The Bertz CT molecular complexity index is 1230. The molecule has 6 nitrogen and oxygen atoms in total. The van der Waals surface area contributed by atoms with Gasteiger partial charge in [-0.2, -0.15) is 4.99 Å². The lowest BCUT2D eigenvalue weighted by Crippen LogP contribution is -2.19. The van der Waals surface area contributed by atoms with Gasteiger partial charge in [-0.1, -0.05) is 17.4 Å². The Morgan fingerprint density at radius 3 is 2.69 bits per heavy atom. The van der Waals surface area contributed by atoms with Crippen LogP contribution >= 0.6 is 11.3 Å². The van der Waals surface area contributed by atoms with E-state index in [1.165, 1.54) is 47.7 Å². The number of hydrogen-bond donors (Lipinski definition) is 0. The van der Waals surface area contributed by atoms with Gasteiger partial charge in [-0.3, -0.25) is 4.79 Å². The summed E-state index contributed by atoms with van der Waals surface area (Å²) in [6.45, 7) is 4.01. The normalized spacial score (nSPS) is 12.8. The molecule has 0 aliphatic heterocycles. The second-order valence-corrected chi connectivity index (χ2v) is 10.2. The topological polar surface area (TPSA) is 77.7 Å². The van der Waals surface area contributed by atoms with Crippen LogP contribution in [0.15, 0.2) is 52.4 Å². The molecule has 0 fully saturated rings. The number of nitrogens with zero attached hydrogens (tertiary/aromatic N) is 2.